The Hall–Kier alpha value is -1.88. The molecule has 1 aromatic carbocycles. The van der Waals surface area contributed by atoms with Gasteiger partial charge in [-0.2, -0.15) is 0 Å². The van der Waals surface area contributed by atoms with Crippen molar-refractivity contribution in [1.82, 2.24) is 15.1 Å². The van der Waals surface area contributed by atoms with Crippen LogP contribution < -0.4 is 4.74 Å². The highest BCUT2D eigenvalue weighted by Gasteiger charge is 2.30. The van der Waals surface area contributed by atoms with Gasteiger partial charge in [0.15, 0.2) is 0 Å². The van der Waals surface area contributed by atoms with Crippen LogP contribution in [-0.2, 0) is 6.54 Å². The molecule has 0 N–H and O–H groups in total. The topological polar surface area (TPSA) is 51.4 Å². The van der Waals surface area contributed by atoms with Gasteiger partial charge in [-0.3, -0.25) is 4.90 Å². The minimum atomic E-state index is 0.275. The second-order valence-corrected chi connectivity index (χ2v) is 5.74. The fraction of sp³-hybridized carbons (Fsp3) is 0.500. The predicted octanol–water partition coefficient (Wildman–Crippen LogP) is 3.15. The van der Waals surface area contributed by atoms with E-state index in [1.165, 1.54) is 5.56 Å². The summed E-state index contributed by atoms with van der Waals surface area (Å²) >= 11 is 0. The van der Waals surface area contributed by atoms with Gasteiger partial charge in [0.05, 0.1) is 13.7 Å². The number of methoxy groups -OCH3 is 1. The third-order valence-electron chi connectivity index (χ3n) is 3.92. The van der Waals surface area contributed by atoms with E-state index in [9.17, 15) is 0 Å². The number of hydrogen-bond acceptors (Lipinski definition) is 5. The van der Waals surface area contributed by atoms with Gasteiger partial charge in [-0.25, -0.2) is 0 Å². The number of likely N-dealkylation sites (tertiary alicyclic amines) is 1. The molecule has 1 aromatic heterocycles. The first kappa shape index (κ1) is 14.1. The van der Waals surface area contributed by atoms with E-state index in [2.05, 4.69) is 41.1 Å². The molecule has 0 saturated carbocycles. The van der Waals surface area contributed by atoms with Gasteiger partial charge in [-0.15, -0.1) is 10.2 Å². The van der Waals surface area contributed by atoms with Gasteiger partial charge >= 0.3 is 0 Å². The van der Waals surface area contributed by atoms with Crippen molar-refractivity contribution in [3.63, 3.8) is 0 Å². The summed E-state index contributed by atoms with van der Waals surface area (Å²) in [4.78, 5) is 2.35. The van der Waals surface area contributed by atoms with Crippen molar-refractivity contribution in [2.75, 3.05) is 13.7 Å². The molecule has 0 aliphatic carbocycles. The van der Waals surface area contributed by atoms with Gasteiger partial charge in [0.2, 0.25) is 11.8 Å². The monoisotopic (exact) mass is 287 g/mol. The van der Waals surface area contributed by atoms with Crippen LogP contribution in [0.1, 0.15) is 49.6 Å². The first-order valence-electron chi connectivity index (χ1n) is 7.37. The molecular formula is C16H21N3O2. The normalized spacial score (nSPS) is 18.8. The molecule has 21 heavy (non-hydrogen) atoms. The number of rotatable bonds is 5. The lowest BCUT2D eigenvalue weighted by Crippen LogP contribution is -2.40. The molecule has 1 saturated heterocycles. The lowest BCUT2D eigenvalue weighted by atomic mass is 9.94. The molecule has 3 rings (SSSR count). The van der Waals surface area contributed by atoms with Gasteiger partial charge in [0.1, 0.15) is 5.75 Å². The fourth-order valence-electron chi connectivity index (χ4n) is 2.59. The summed E-state index contributed by atoms with van der Waals surface area (Å²) in [6, 6.07) is 8.67. The van der Waals surface area contributed by atoms with Crippen LogP contribution in [0.5, 0.6) is 5.75 Å². The van der Waals surface area contributed by atoms with Crippen molar-refractivity contribution >= 4 is 0 Å². The van der Waals surface area contributed by atoms with Crippen molar-refractivity contribution in [3.8, 4) is 5.75 Å². The summed E-state index contributed by atoms with van der Waals surface area (Å²) in [5, 5.41) is 8.23. The number of aromatic nitrogens is 2. The molecule has 1 unspecified atom stereocenters. The molecule has 1 fully saturated rings. The van der Waals surface area contributed by atoms with Crippen LogP contribution in [0.2, 0.25) is 0 Å². The Labute approximate surface area is 124 Å². The Morgan fingerprint density at radius 3 is 2.86 bits per heavy atom. The van der Waals surface area contributed by atoms with Crippen molar-refractivity contribution in [1.29, 1.82) is 0 Å². The van der Waals surface area contributed by atoms with E-state index >= 15 is 0 Å². The molecule has 5 nitrogen and oxygen atoms in total. The summed E-state index contributed by atoms with van der Waals surface area (Å²) < 4.78 is 11.0. The van der Waals surface area contributed by atoms with Gasteiger partial charge in [0.25, 0.3) is 0 Å². The van der Waals surface area contributed by atoms with Crippen LogP contribution in [0.3, 0.4) is 0 Å². The van der Waals surface area contributed by atoms with E-state index in [1.807, 2.05) is 12.1 Å². The average Bonchev–Trinajstić information content (AvgIpc) is 2.93. The van der Waals surface area contributed by atoms with Gasteiger partial charge in [0, 0.05) is 18.5 Å². The van der Waals surface area contributed by atoms with Crippen molar-refractivity contribution in [2.24, 2.45) is 0 Å². The Balaban J connectivity index is 1.68. The zero-order valence-electron chi connectivity index (χ0n) is 12.7. The van der Waals surface area contributed by atoms with E-state index in [1.54, 1.807) is 7.11 Å². The van der Waals surface area contributed by atoms with Gasteiger partial charge in [-0.05, 0) is 24.1 Å². The maximum Gasteiger partial charge on any atom is 0.230 e. The SMILES string of the molecule is COc1cccc(C2CCN2Cc2nnc(C(C)C)o2)c1. The van der Waals surface area contributed by atoms with Crippen molar-refractivity contribution in [2.45, 2.75) is 38.8 Å². The van der Waals surface area contributed by atoms with E-state index in [-0.39, 0.29) is 5.92 Å². The fourth-order valence-corrected chi connectivity index (χ4v) is 2.59. The number of nitrogens with zero attached hydrogens (tertiary/aromatic N) is 3. The third-order valence-corrected chi connectivity index (χ3v) is 3.92. The summed E-state index contributed by atoms with van der Waals surface area (Å²) in [6.07, 6.45) is 1.15. The molecule has 0 amide bonds. The molecular weight excluding hydrogens is 266 g/mol. The van der Waals surface area contributed by atoms with Crippen LogP contribution in [0.15, 0.2) is 28.7 Å². The van der Waals surface area contributed by atoms with Crippen LogP contribution >= 0.6 is 0 Å². The second-order valence-electron chi connectivity index (χ2n) is 5.74. The predicted molar refractivity (Wildman–Crippen MR) is 79.1 cm³/mol. The Bertz CT molecular complexity index is 609. The number of ether oxygens (including phenoxy) is 1. The smallest absolute Gasteiger partial charge is 0.230 e. The maximum absolute atomic E-state index is 5.69. The lowest BCUT2D eigenvalue weighted by molar-refractivity contribution is 0.0709. The minimum absolute atomic E-state index is 0.275. The van der Waals surface area contributed by atoms with Crippen molar-refractivity contribution in [3.05, 3.63) is 41.6 Å². The summed E-state index contributed by atoms with van der Waals surface area (Å²) in [6.45, 7) is 5.88. The second kappa shape index (κ2) is 5.85. The zero-order chi connectivity index (χ0) is 14.8. The first-order valence-corrected chi connectivity index (χ1v) is 7.37. The molecule has 5 heteroatoms. The minimum Gasteiger partial charge on any atom is -0.497 e. The molecule has 0 spiro atoms. The molecule has 2 heterocycles. The zero-order valence-corrected chi connectivity index (χ0v) is 12.7. The number of hydrogen-bond donors (Lipinski definition) is 0. The third kappa shape index (κ3) is 2.93. The van der Waals surface area contributed by atoms with Crippen LogP contribution in [0.4, 0.5) is 0 Å². The average molecular weight is 287 g/mol. The van der Waals surface area contributed by atoms with Crippen LogP contribution in [0, 0.1) is 0 Å². The van der Waals surface area contributed by atoms with Crippen molar-refractivity contribution < 1.29 is 9.15 Å². The van der Waals surface area contributed by atoms with Crippen LogP contribution in [0.25, 0.3) is 0 Å². The molecule has 2 aromatic rings. The lowest BCUT2D eigenvalue weighted by Gasteiger charge is -2.40. The first-order chi connectivity index (χ1) is 10.2. The Morgan fingerprint density at radius 1 is 1.38 bits per heavy atom. The van der Waals surface area contributed by atoms with E-state index in [0.29, 0.717) is 24.4 Å². The van der Waals surface area contributed by atoms with E-state index < -0.39 is 0 Å². The van der Waals surface area contributed by atoms with Crippen LogP contribution in [-0.4, -0.2) is 28.8 Å². The van der Waals surface area contributed by atoms with Gasteiger partial charge < -0.3 is 9.15 Å². The largest absolute Gasteiger partial charge is 0.497 e. The highest BCUT2D eigenvalue weighted by molar-refractivity contribution is 5.31. The van der Waals surface area contributed by atoms with E-state index in [0.717, 1.165) is 18.7 Å². The standard InChI is InChI=1S/C16H21N3O2/c1-11(2)16-18-17-15(21-16)10-19-8-7-14(19)12-5-4-6-13(9-12)20-3/h4-6,9,11,14H,7-8,10H2,1-3H3. The highest BCUT2D eigenvalue weighted by atomic mass is 16.5. The molecule has 0 radical (unpaired) electrons. The van der Waals surface area contributed by atoms with Gasteiger partial charge in [-0.1, -0.05) is 26.0 Å². The Kier molecular flexibility index (Phi) is 3.92. The molecule has 0 bridgehead atoms. The molecule has 112 valence electrons. The van der Waals surface area contributed by atoms with E-state index in [4.69, 9.17) is 9.15 Å². The summed E-state index contributed by atoms with van der Waals surface area (Å²) in [7, 11) is 1.70. The molecule has 1 atom stereocenters. The quantitative estimate of drug-likeness (QED) is 0.845. The molecule has 1 aliphatic heterocycles. The maximum atomic E-state index is 5.69. The molecule has 1 aliphatic rings. The Morgan fingerprint density at radius 2 is 2.24 bits per heavy atom. The highest BCUT2D eigenvalue weighted by Crippen LogP contribution is 2.35. The summed E-state index contributed by atoms with van der Waals surface area (Å²) in [5.41, 5.74) is 1.28. The summed E-state index contributed by atoms with van der Waals surface area (Å²) in [5.74, 6) is 2.59. The number of benzene rings is 1.